The summed E-state index contributed by atoms with van der Waals surface area (Å²) < 4.78 is 10.5. The van der Waals surface area contributed by atoms with E-state index in [0.29, 0.717) is 23.6 Å². The molecule has 0 radical (unpaired) electrons. The highest BCUT2D eigenvalue weighted by Gasteiger charge is 2.11. The number of aromatic amines is 1. The topological polar surface area (TPSA) is 106 Å². The van der Waals surface area contributed by atoms with E-state index in [0.717, 1.165) is 23.3 Å². The van der Waals surface area contributed by atoms with Gasteiger partial charge in [0.1, 0.15) is 11.4 Å². The number of benzene rings is 2. The van der Waals surface area contributed by atoms with Crippen molar-refractivity contribution in [2.45, 2.75) is 45.4 Å². The lowest BCUT2D eigenvalue weighted by Gasteiger charge is -2.06. The van der Waals surface area contributed by atoms with E-state index in [1.54, 1.807) is 30.3 Å². The molecule has 0 aliphatic heterocycles. The number of carbonyl (C=O) groups excluding carboxylic acids is 2. The molecular formula is C27H32N4O4. The number of hydrazone groups is 1. The van der Waals surface area contributed by atoms with E-state index in [1.165, 1.54) is 45.4 Å². The summed E-state index contributed by atoms with van der Waals surface area (Å²) in [4.78, 5) is 23.8. The van der Waals surface area contributed by atoms with E-state index < -0.39 is 11.9 Å². The number of nitrogens with zero attached hydrogens (tertiary/aromatic N) is 2. The van der Waals surface area contributed by atoms with E-state index in [2.05, 4.69) is 32.4 Å². The highest BCUT2D eigenvalue weighted by Crippen LogP contribution is 2.21. The number of ether oxygens (including phenoxy) is 2. The molecule has 8 nitrogen and oxygen atoms in total. The van der Waals surface area contributed by atoms with Gasteiger partial charge in [0.2, 0.25) is 0 Å². The number of H-pyrrole nitrogens is 1. The lowest BCUT2D eigenvalue weighted by Crippen LogP contribution is -2.18. The van der Waals surface area contributed by atoms with Crippen molar-refractivity contribution in [2.24, 2.45) is 5.10 Å². The molecule has 0 aliphatic carbocycles. The molecule has 0 bridgehead atoms. The van der Waals surface area contributed by atoms with Crippen LogP contribution < -0.4 is 10.2 Å². The quantitative estimate of drug-likeness (QED) is 0.149. The monoisotopic (exact) mass is 476 g/mol. The van der Waals surface area contributed by atoms with Crippen LogP contribution in [0.15, 0.2) is 59.7 Å². The molecular weight excluding hydrogens is 444 g/mol. The Balaban J connectivity index is 1.46. The maximum absolute atomic E-state index is 12.4. The van der Waals surface area contributed by atoms with Crippen molar-refractivity contribution in [3.8, 4) is 17.0 Å². The molecule has 8 heteroatoms. The van der Waals surface area contributed by atoms with Gasteiger partial charge in [-0.05, 0) is 54.4 Å². The van der Waals surface area contributed by atoms with E-state index >= 15 is 0 Å². The SMILES string of the molecule is CCCCCCCCOc1ccc(-c2cc(C(=O)N/N=C/c3ccc(C(=O)OC)cc3)[nH]n2)cc1. The van der Waals surface area contributed by atoms with E-state index in [9.17, 15) is 9.59 Å². The predicted molar refractivity (Wildman–Crippen MR) is 136 cm³/mol. The highest BCUT2D eigenvalue weighted by molar-refractivity contribution is 5.94. The van der Waals surface area contributed by atoms with Crippen LogP contribution in [0.3, 0.4) is 0 Å². The predicted octanol–water partition coefficient (Wildman–Crippen LogP) is 5.37. The Hall–Kier alpha value is -3.94. The van der Waals surface area contributed by atoms with Gasteiger partial charge in [0.15, 0.2) is 0 Å². The van der Waals surface area contributed by atoms with Crippen LogP contribution in [0.25, 0.3) is 11.3 Å². The third-order valence-corrected chi connectivity index (χ3v) is 5.45. The summed E-state index contributed by atoms with van der Waals surface area (Å²) in [5, 5.41) is 10.9. The fourth-order valence-electron chi connectivity index (χ4n) is 3.43. The van der Waals surface area contributed by atoms with E-state index in [-0.39, 0.29) is 0 Å². The van der Waals surface area contributed by atoms with Crippen molar-refractivity contribution in [3.05, 3.63) is 71.4 Å². The summed E-state index contributed by atoms with van der Waals surface area (Å²) in [5.41, 5.74) is 5.45. The first kappa shape index (κ1) is 25.7. The zero-order chi connectivity index (χ0) is 24.9. The van der Waals surface area contributed by atoms with Crippen LogP contribution >= 0.6 is 0 Å². The maximum atomic E-state index is 12.4. The number of esters is 1. The van der Waals surface area contributed by atoms with E-state index in [1.807, 2.05) is 24.3 Å². The van der Waals surface area contributed by atoms with Gasteiger partial charge in [-0.1, -0.05) is 51.2 Å². The smallest absolute Gasteiger partial charge is 0.337 e. The summed E-state index contributed by atoms with van der Waals surface area (Å²) in [6.07, 6.45) is 8.87. The third-order valence-electron chi connectivity index (χ3n) is 5.45. The van der Waals surface area contributed by atoms with Gasteiger partial charge in [0.05, 0.1) is 31.2 Å². The Bertz CT molecular complexity index is 1100. The second kappa shape index (κ2) is 13.7. The summed E-state index contributed by atoms with van der Waals surface area (Å²) >= 11 is 0. The Morgan fingerprint density at radius 1 is 1.00 bits per heavy atom. The molecule has 3 rings (SSSR count). The van der Waals surface area contributed by atoms with Crippen LogP contribution in [0.5, 0.6) is 5.75 Å². The fraction of sp³-hybridized carbons (Fsp3) is 0.333. The van der Waals surface area contributed by atoms with Crippen LogP contribution in [0.4, 0.5) is 0 Å². The maximum Gasteiger partial charge on any atom is 0.337 e. The molecule has 0 atom stereocenters. The number of rotatable bonds is 13. The van der Waals surface area contributed by atoms with Crippen molar-refractivity contribution in [1.82, 2.24) is 15.6 Å². The number of aromatic nitrogens is 2. The van der Waals surface area contributed by atoms with Gasteiger partial charge < -0.3 is 9.47 Å². The summed E-state index contributed by atoms with van der Waals surface area (Å²) in [6, 6.07) is 16.0. The number of amides is 1. The Morgan fingerprint density at radius 3 is 2.43 bits per heavy atom. The largest absolute Gasteiger partial charge is 0.494 e. The number of nitrogens with one attached hydrogen (secondary N) is 2. The standard InChI is InChI=1S/C27H32N4O4/c1-3-4-5-6-7-8-17-35-23-15-13-21(14-16-23)24-18-25(30-29-24)26(32)31-28-19-20-9-11-22(12-10-20)27(33)34-2/h9-16,18-19H,3-8,17H2,1-2H3,(H,29,30)(H,31,32)/b28-19+. The minimum absolute atomic E-state index is 0.293. The second-order valence-corrected chi connectivity index (χ2v) is 8.12. The average Bonchev–Trinajstić information content (AvgIpc) is 3.39. The van der Waals surface area contributed by atoms with Crippen LogP contribution in [-0.2, 0) is 4.74 Å². The molecule has 1 aromatic heterocycles. The van der Waals surface area contributed by atoms with Crippen LogP contribution in [0.1, 0.15) is 71.9 Å². The number of hydrogen-bond donors (Lipinski definition) is 2. The first-order valence-electron chi connectivity index (χ1n) is 11.9. The van der Waals surface area contributed by atoms with Crippen molar-refractivity contribution in [1.29, 1.82) is 0 Å². The van der Waals surface area contributed by atoms with Crippen molar-refractivity contribution < 1.29 is 19.1 Å². The first-order valence-corrected chi connectivity index (χ1v) is 11.9. The second-order valence-electron chi connectivity index (χ2n) is 8.12. The molecule has 0 spiro atoms. The number of methoxy groups -OCH3 is 1. The molecule has 1 amide bonds. The third kappa shape index (κ3) is 8.10. The normalized spacial score (nSPS) is 10.9. The van der Waals surface area contributed by atoms with Gasteiger partial charge in [-0.2, -0.15) is 10.2 Å². The van der Waals surface area contributed by atoms with Crippen molar-refractivity contribution in [3.63, 3.8) is 0 Å². The van der Waals surface area contributed by atoms with Gasteiger partial charge in [0, 0.05) is 5.56 Å². The minimum Gasteiger partial charge on any atom is -0.494 e. The lowest BCUT2D eigenvalue weighted by molar-refractivity contribution is 0.0600. The Labute approximate surface area is 205 Å². The lowest BCUT2D eigenvalue weighted by atomic mass is 10.1. The molecule has 2 aromatic carbocycles. The fourth-order valence-corrected chi connectivity index (χ4v) is 3.43. The van der Waals surface area contributed by atoms with Gasteiger partial charge in [-0.3, -0.25) is 9.89 Å². The van der Waals surface area contributed by atoms with Gasteiger partial charge >= 0.3 is 5.97 Å². The molecule has 1 heterocycles. The van der Waals surface area contributed by atoms with E-state index in [4.69, 9.17) is 4.74 Å². The molecule has 0 unspecified atom stereocenters. The molecule has 3 aromatic rings. The summed E-state index contributed by atoms with van der Waals surface area (Å²) in [7, 11) is 1.33. The number of hydrogen-bond acceptors (Lipinski definition) is 6. The zero-order valence-corrected chi connectivity index (χ0v) is 20.3. The molecule has 0 saturated carbocycles. The zero-order valence-electron chi connectivity index (χ0n) is 20.3. The van der Waals surface area contributed by atoms with Gasteiger partial charge in [0.25, 0.3) is 5.91 Å². The molecule has 0 fully saturated rings. The Morgan fingerprint density at radius 2 is 1.71 bits per heavy atom. The first-order chi connectivity index (χ1) is 17.1. The highest BCUT2D eigenvalue weighted by atomic mass is 16.5. The number of unbranched alkanes of at least 4 members (excludes halogenated alkanes) is 5. The molecule has 2 N–H and O–H groups in total. The molecule has 35 heavy (non-hydrogen) atoms. The number of carbonyl (C=O) groups is 2. The summed E-state index contributed by atoms with van der Waals surface area (Å²) in [6.45, 7) is 2.94. The van der Waals surface area contributed by atoms with Gasteiger partial charge in [-0.25, -0.2) is 10.2 Å². The minimum atomic E-state index is -0.412. The molecule has 184 valence electrons. The molecule has 0 aliphatic rings. The molecule has 0 saturated heterocycles. The van der Waals surface area contributed by atoms with Crippen molar-refractivity contribution in [2.75, 3.05) is 13.7 Å². The van der Waals surface area contributed by atoms with Crippen LogP contribution in [-0.4, -0.2) is 42.0 Å². The van der Waals surface area contributed by atoms with Crippen LogP contribution in [0.2, 0.25) is 0 Å². The van der Waals surface area contributed by atoms with Crippen molar-refractivity contribution >= 4 is 18.1 Å². The Kier molecular flexibility index (Phi) is 10.0. The van der Waals surface area contributed by atoms with Crippen LogP contribution in [0, 0.1) is 0 Å². The van der Waals surface area contributed by atoms with Gasteiger partial charge in [-0.15, -0.1) is 0 Å². The summed E-state index contributed by atoms with van der Waals surface area (Å²) in [5.74, 6) is 0.00186. The average molecular weight is 477 g/mol.